The van der Waals surface area contributed by atoms with E-state index < -0.39 is 0 Å². The van der Waals surface area contributed by atoms with Crippen LogP contribution in [0.25, 0.3) is 0 Å². The van der Waals surface area contributed by atoms with E-state index >= 15 is 0 Å². The van der Waals surface area contributed by atoms with E-state index in [4.69, 9.17) is 21.7 Å². The fourth-order valence-corrected chi connectivity index (χ4v) is 6.39. The summed E-state index contributed by atoms with van der Waals surface area (Å²) in [6, 6.07) is 0. The smallest absolute Gasteiger partial charge is 0.305 e. The number of alkyl halides is 1. The second-order valence-electron chi connectivity index (χ2n) is 13.6. The van der Waals surface area contributed by atoms with Crippen LogP contribution >= 0.6 is 28.1 Å². The van der Waals surface area contributed by atoms with Crippen LogP contribution in [-0.2, 0) is 19.1 Å². The molecule has 0 heterocycles. The van der Waals surface area contributed by atoms with Crippen LogP contribution < -0.4 is 0 Å². The summed E-state index contributed by atoms with van der Waals surface area (Å²) in [5, 5.41) is 0.852. The summed E-state index contributed by atoms with van der Waals surface area (Å²) in [4.78, 5) is 26.2. The van der Waals surface area contributed by atoms with Crippen LogP contribution in [0.15, 0.2) is 24.3 Å². The lowest BCUT2D eigenvalue weighted by atomic mass is 10.1. The zero-order valence-corrected chi connectivity index (χ0v) is 34.4. The van der Waals surface area contributed by atoms with Crippen molar-refractivity contribution in [2.24, 2.45) is 0 Å². The molecule has 7 heteroatoms. The number of hydrogen-bond acceptors (Lipinski definition) is 5. The fraction of sp³-hybridized carbons (Fsp3) is 0.833. The number of amides is 1. The van der Waals surface area contributed by atoms with Crippen molar-refractivity contribution in [3.8, 4) is 0 Å². The lowest BCUT2D eigenvalue weighted by Gasteiger charge is -2.22. The van der Waals surface area contributed by atoms with Crippen molar-refractivity contribution >= 4 is 45.1 Å². The number of esters is 1. The molecule has 0 aromatic heterocycles. The van der Waals surface area contributed by atoms with Gasteiger partial charge in [0.1, 0.15) is 13.2 Å². The van der Waals surface area contributed by atoms with Gasteiger partial charge in [-0.15, -0.1) is 0 Å². The molecule has 0 saturated heterocycles. The molecule has 5 nitrogen and oxygen atoms in total. The molecule has 0 N–H and O–H groups in total. The molecule has 0 bridgehead atoms. The summed E-state index contributed by atoms with van der Waals surface area (Å²) in [5.74, 6) is -0.221. The van der Waals surface area contributed by atoms with Crippen molar-refractivity contribution in [3.63, 3.8) is 0 Å². The van der Waals surface area contributed by atoms with Crippen LogP contribution in [-0.4, -0.2) is 53.5 Å². The van der Waals surface area contributed by atoms with Gasteiger partial charge in [0, 0.05) is 12.8 Å². The van der Waals surface area contributed by atoms with Crippen molar-refractivity contribution in [3.05, 3.63) is 24.3 Å². The van der Waals surface area contributed by atoms with E-state index in [9.17, 15) is 9.59 Å². The van der Waals surface area contributed by atoms with Crippen LogP contribution in [0.4, 0.5) is 0 Å². The minimum atomic E-state index is -0.179. The Morgan fingerprint density at radius 1 is 0.531 bits per heavy atom. The van der Waals surface area contributed by atoms with Gasteiger partial charge in [0.25, 0.3) is 0 Å². The van der Waals surface area contributed by atoms with E-state index in [1.54, 1.807) is 4.90 Å². The van der Waals surface area contributed by atoms with Crippen LogP contribution in [0.1, 0.15) is 194 Å². The number of allylic oxidation sites excluding steroid dienone is 4. The average Bonchev–Trinajstić information content (AvgIpc) is 3.10. The first-order chi connectivity index (χ1) is 24.0. The standard InChI is InChI=1S/C42H76BrNO4S/c1-3-5-7-9-11-13-15-17-19-21-23-25-27-29-31-33-41(46)47-37-35-44(40(45)39-43)36-38-48-42(49)34-32-30-28-26-24-22-20-18-16-14-12-10-8-6-4-2/h17-20H,3-16,21-39H2,1-2H3/b19-17-,20-18-. The van der Waals surface area contributed by atoms with Gasteiger partial charge in [0.2, 0.25) is 5.91 Å². The molecule has 1 amide bonds. The topological polar surface area (TPSA) is 55.8 Å². The van der Waals surface area contributed by atoms with Crippen molar-refractivity contribution in [2.75, 3.05) is 31.6 Å². The maximum absolute atomic E-state index is 12.4. The second kappa shape index (κ2) is 39.6. The Labute approximate surface area is 317 Å². The highest BCUT2D eigenvalue weighted by Crippen LogP contribution is 2.12. The molecule has 0 unspecified atom stereocenters. The Balaban J connectivity index is 3.75. The van der Waals surface area contributed by atoms with Crippen LogP contribution in [0.5, 0.6) is 0 Å². The van der Waals surface area contributed by atoms with Crippen molar-refractivity contribution in [2.45, 2.75) is 194 Å². The predicted octanol–water partition coefficient (Wildman–Crippen LogP) is 13.2. The van der Waals surface area contributed by atoms with E-state index in [1.165, 1.54) is 135 Å². The summed E-state index contributed by atoms with van der Waals surface area (Å²) in [7, 11) is 0. The van der Waals surface area contributed by atoms with Gasteiger partial charge < -0.3 is 14.4 Å². The highest BCUT2D eigenvalue weighted by atomic mass is 79.9. The highest BCUT2D eigenvalue weighted by Gasteiger charge is 2.14. The SMILES string of the molecule is CCCCCCCC/C=C\CCCCCCCC(=O)OCCN(CCOC(=S)CCCCCCC/C=C\CCCCCCCC)C(=O)CBr. The van der Waals surface area contributed by atoms with Gasteiger partial charge in [-0.25, -0.2) is 0 Å². The van der Waals surface area contributed by atoms with E-state index in [2.05, 4.69) is 54.1 Å². The molecule has 0 spiro atoms. The Hall–Kier alpha value is -1.21. The molecule has 49 heavy (non-hydrogen) atoms. The molecule has 0 rings (SSSR count). The third kappa shape index (κ3) is 36.4. The average molecular weight is 771 g/mol. The number of unbranched alkanes of at least 4 members (excludes halogenated alkanes) is 22. The first kappa shape index (κ1) is 47.8. The van der Waals surface area contributed by atoms with Gasteiger partial charge in [-0.2, -0.15) is 0 Å². The van der Waals surface area contributed by atoms with Crippen LogP contribution in [0.3, 0.4) is 0 Å². The Morgan fingerprint density at radius 3 is 1.33 bits per heavy atom. The van der Waals surface area contributed by atoms with Crippen molar-refractivity contribution < 1.29 is 19.1 Å². The molecular weight excluding hydrogens is 694 g/mol. The largest absolute Gasteiger partial charge is 0.485 e. The van der Waals surface area contributed by atoms with E-state index in [-0.39, 0.29) is 23.8 Å². The summed E-state index contributed by atoms with van der Waals surface area (Å²) in [6.45, 7) is 5.91. The zero-order chi connectivity index (χ0) is 35.9. The molecular formula is C42H76BrNO4S. The molecule has 0 aliphatic rings. The van der Waals surface area contributed by atoms with Gasteiger partial charge in [-0.1, -0.05) is 157 Å². The Bertz CT molecular complexity index is 761. The zero-order valence-electron chi connectivity index (χ0n) is 32.0. The van der Waals surface area contributed by atoms with E-state index in [0.29, 0.717) is 31.2 Å². The maximum Gasteiger partial charge on any atom is 0.305 e. The number of hydrogen-bond donors (Lipinski definition) is 0. The summed E-state index contributed by atoms with van der Waals surface area (Å²) in [6.07, 6.45) is 43.3. The van der Waals surface area contributed by atoms with Crippen LogP contribution in [0.2, 0.25) is 0 Å². The van der Waals surface area contributed by atoms with Crippen molar-refractivity contribution in [1.29, 1.82) is 0 Å². The number of rotatable bonds is 37. The first-order valence-corrected chi connectivity index (χ1v) is 22.0. The number of halogens is 1. The van der Waals surface area contributed by atoms with Crippen LogP contribution in [0, 0.1) is 0 Å². The minimum absolute atomic E-state index is 0.0416. The molecule has 0 aromatic rings. The number of ether oxygens (including phenoxy) is 2. The molecule has 0 fully saturated rings. The molecule has 0 aromatic carbocycles. The summed E-state index contributed by atoms with van der Waals surface area (Å²) < 4.78 is 11.2. The lowest BCUT2D eigenvalue weighted by Crippen LogP contribution is -2.38. The van der Waals surface area contributed by atoms with Gasteiger partial charge in [-0.05, 0) is 76.4 Å². The number of nitrogens with zero attached hydrogens (tertiary/aromatic N) is 1. The minimum Gasteiger partial charge on any atom is -0.485 e. The summed E-state index contributed by atoms with van der Waals surface area (Å²) >= 11 is 8.68. The molecule has 0 radical (unpaired) electrons. The molecule has 0 atom stereocenters. The lowest BCUT2D eigenvalue weighted by molar-refractivity contribution is -0.145. The number of carbonyl (C=O) groups is 2. The summed E-state index contributed by atoms with van der Waals surface area (Å²) in [5.41, 5.74) is 0. The van der Waals surface area contributed by atoms with Gasteiger partial charge in [-0.3, -0.25) is 9.59 Å². The van der Waals surface area contributed by atoms with Gasteiger partial charge >= 0.3 is 5.97 Å². The van der Waals surface area contributed by atoms with Crippen molar-refractivity contribution in [1.82, 2.24) is 4.90 Å². The third-order valence-electron chi connectivity index (χ3n) is 9.00. The number of thiocarbonyl (C=S) groups is 1. The molecule has 0 saturated carbocycles. The van der Waals surface area contributed by atoms with Gasteiger partial charge in [0.15, 0.2) is 5.05 Å². The van der Waals surface area contributed by atoms with Gasteiger partial charge in [0.05, 0.1) is 18.4 Å². The second-order valence-corrected chi connectivity index (χ2v) is 14.6. The monoisotopic (exact) mass is 769 g/mol. The molecule has 0 aliphatic heterocycles. The third-order valence-corrected chi connectivity index (χ3v) is 9.80. The molecule has 286 valence electrons. The maximum atomic E-state index is 12.4. The highest BCUT2D eigenvalue weighted by molar-refractivity contribution is 9.09. The number of carbonyl (C=O) groups excluding carboxylic acids is 2. The molecule has 0 aliphatic carbocycles. The Morgan fingerprint density at radius 2 is 0.898 bits per heavy atom. The first-order valence-electron chi connectivity index (χ1n) is 20.5. The predicted molar refractivity (Wildman–Crippen MR) is 219 cm³/mol. The Kier molecular flexibility index (Phi) is 38.6. The normalized spacial score (nSPS) is 11.5. The fourth-order valence-electron chi connectivity index (χ4n) is 5.81. The quantitative estimate of drug-likeness (QED) is 0.0207. The van der Waals surface area contributed by atoms with E-state index in [0.717, 1.165) is 38.5 Å². The van der Waals surface area contributed by atoms with E-state index in [1.807, 2.05) is 0 Å².